The van der Waals surface area contributed by atoms with Crippen LogP contribution in [0.2, 0.25) is 0 Å². The molecule has 0 aromatic heterocycles. The molecule has 2 N–H and O–H groups in total. The number of carboxylic acid groups (broad SMARTS) is 1. The first-order chi connectivity index (χ1) is 5.93. The zero-order valence-electron chi connectivity index (χ0n) is 9.00. The van der Waals surface area contributed by atoms with Crippen LogP contribution in [0.3, 0.4) is 0 Å². The summed E-state index contributed by atoms with van der Waals surface area (Å²) in [4.78, 5) is 10.8. The lowest BCUT2D eigenvalue weighted by atomic mass is 10.0. The average molecular weight is 187 g/mol. The standard InChI is InChI=1S/C10H21NO2/c1-7(2)5-9(10(12)13)11-6-8(3)4/h7-9,11H,5-6H2,1-4H3,(H,12,13). The van der Waals surface area contributed by atoms with Crippen molar-refractivity contribution in [1.29, 1.82) is 0 Å². The number of rotatable bonds is 6. The van der Waals surface area contributed by atoms with Gasteiger partial charge in [0.25, 0.3) is 0 Å². The molecule has 78 valence electrons. The summed E-state index contributed by atoms with van der Waals surface area (Å²) in [6.45, 7) is 8.98. The first-order valence-electron chi connectivity index (χ1n) is 4.89. The summed E-state index contributed by atoms with van der Waals surface area (Å²) in [5.41, 5.74) is 0. The highest BCUT2D eigenvalue weighted by Gasteiger charge is 2.17. The van der Waals surface area contributed by atoms with Crippen LogP contribution in [-0.2, 0) is 4.79 Å². The minimum Gasteiger partial charge on any atom is -0.480 e. The van der Waals surface area contributed by atoms with E-state index >= 15 is 0 Å². The van der Waals surface area contributed by atoms with Gasteiger partial charge in [-0.2, -0.15) is 0 Å². The number of carboxylic acids is 1. The van der Waals surface area contributed by atoms with E-state index in [0.717, 1.165) is 6.54 Å². The highest BCUT2D eigenvalue weighted by Crippen LogP contribution is 2.05. The molecule has 1 unspecified atom stereocenters. The third kappa shape index (κ3) is 6.58. The van der Waals surface area contributed by atoms with E-state index in [-0.39, 0.29) is 6.04 Å². The van der Waals surface area contributed by atoms with Crippen molar-refractivity contribution in [3.8, 4) is 0 Å². The lowest BCUT2D eigenvalue weighted by Gasteiger charge is -2.17. The van der Waals surface area contributed by atoms with E-state index < -0.39 is 5.97 Å². The summed E-state index contributed by atoms with van der Waals surface area (Å²) in [5.74, 6) is 0.170. The lowest BCUT2D eigenvalue weighted by molar-refractivity contribution is -0.139. The Bertz CT molecular complexity index is 155. The molecule has 0 aliphatic heterocycles. The van der Waals surface area contributed by atoms with Crippen molar-refractivity contribution < 1.29 is 9.90 Å². The minimum absolute atomic E-state index is 0.387. The van der Waals surface area contributed by atoms with Crippen molar-refractivity contribution in [2.45, 2.75) is 40.2 Å². The van der Waals surface area contributed by atoms with Crippen molar-refractivity contribution in [2.24, 2.45) is 11.8 Å². The van der Waals surface area contributed by atoms with Crippen LogP contribution in [0.15, 0.2) is 0 Å². The van der Waals surface area contributed by atoms with E-state index in [1.54, 1.807) is 0 Å². The maximum absolute atomic E-state index is 10.8. The lowest BCUT2D eigenvalue weighted by Crippen LogP contribution is -2.39. The summed E-state index contributed by atoms with van der Waals surface area (Å²) >= 11 is 0. The van der Waals surface area contributed by atoms with Gasteiger partial charge in [-0.1, -0.05) is 27.7 Å². The van der Waals surface area contributed by atoms with Crippen LogP contribution >= 0.6 is 0 Å². The first kappa shape index (κ1) is 12.4. The molecule has 3 nitrogen and oxygen atoms in total. The Morgan fingerprint density at radius 2 is 1.77 bits per heavy atom. The number of aliphatic carboxylic acids is 1. The molecule has 0 amide bonds. The van der Waals surface area contributed by atoms with Crippen LogP contribution in [-0.4, -0.2) is 23.7 Å². The van der Waals surface area contributed by atoms with Gasteiger partial charge in [0, 0.05) is 0 Å². The number of nitrogens with one attached hydrogen (secondary N) is 1. The molecule has 0 spiro atoms. The van der Waals surface area contributed by atoms with Gasteiger partial charge in [0.2, 0.25) is 0 Å². The molecule has 1 atom stereocenters. The van der Waals surface area contributed by atoms with Crippen molar-refractivity contribution in [2.75, 3.05) is 6.54 Å². The maximum atomic E-state index is 10.8. The number of hydrogen-bond acceptors (Lipinski definition) is 2. The highest BCUT2D eigenvalue weighted by molar-refractivity contribution is 5.73. The monoisotopic (exact) mass is 187 g/mol. The van der Waals surface area contributed by atoms with Crippen LogP contribution < -0.4 is 5.32 Å². The summed E-state index contributed by atoms with van der Waals surface area (Å²) < 4.78 is 0. The van der Waals surface area contributed by atoms with Crippen LogP contribution in [0.1, 0.15) is 34.1 Å². The Kier molecular flexibility index (Phi) is 5.71. The van der Waals surface area contributed by atoms with E-state index in [1.165, 1.54) is 0 Å². The fourth-order valence-electron chi connectivity index (χ4n) is 1.12. The van der Waals surface area contributed by atoms with Crippen molar-refractivity contribution >= 4 is 5.97 Å². The second-order valence-corrected chi connectivity index (χ2v) is 4.32. The molecule has 0 fully saturated rings. The normalized spacial score (nSPS) is 13.7. The molecule has 0 saturated carbocycles. The largest absolute Gasteiger partial charge is 0.480 e. The minimum atomic E-state index is -0.741. The third-order valence-corrected chi connectivity index (χ3v) is 1.78. The van der Waals surface area contributed by atoms with Crippen LogP contribution in [0.5, 0.6) is 0 Å². The Morgan fingerprint density at radius 3 is 2.08 bits per heavy atom. The van der Waals surface area contributed by atoms with Gasteiger partial charge in [0.1, 0.15) is 6.04 Å². The molecule has 0 heterocycles. The quantitative estimate of drug-likeness (QED) is 0.665. The van der Waals surface area contributed by atoms with E-state index in [1.807, 2.05) is 13.8 Å². The summed E-state index contributed by atoms with van der Waals surface area (Å²) in [6.07, 6.45) is 0.696. The summed E-state index contributed by atoms with van der Waals surface area (Å²) in [7, 11) is 0. The first-order valence-corrected chi connectivity index (χ1v) is 4.89. The molecule has 3 heteroatoms. The van der Waals surface area contributed by atoms with Crippen LogP contribution in [0, 0.1) is 11.8 Å². The summed E-state index contributed by atoms with van der Waals surface area (Å²) in [6, 6.07) is -0.387. The van der Waals surface area contributed by atoms with Gasteiger partial charge in [0.15, 0.2) is 0 Å². The molecular weight excluding hydrogens is 166 g/mol. The Balaban J connectivity index is 3.88. The molecule has 0 aliphatic rings. The van der Waals surface area contributed by atoms with E-state index in [4.69, 9.17) is 5.11 Å². The second-order valence-electron chi connectivity index (χ2n) is 4.32. The van der Waals surface area contributed by atoms with Gasteiger partial charge in [-0.25, -0.2) is 0 Å². The molecule has 0 radical (unpaired) electrons. The average Bonchev–Trinajstić information content (AvgIpc) is 1.96. The second kappa shape index (κ2) is 5.97. The van der Waals surface area contributed by atoms with Crippen molar-refractivity contribution in [3.05, 3.63) is 0 Å². The van der Waals surface area contributed by atoms with E-state index in [0.29, 0.717) is 18.3 Å². The van der Waals surface area contributed by atoms with Gasteiger partial charge < -0.3 is 10.4 Å². The van der Waals surface area contributed by atoms with Gasteiger partial charge in [0.05, 0.1) is 0 Å². The topological polar surface area (TPSA) is 49.3 Å². The van der Waals surface area contributed by atoms with Crippen molar-refractivity contribution in [3.63, 3.8) is 0 Å². The van der Waals surface area contributed by atoms with Gasteiger partial charge in [-0.15, -0.1) is 0 Å². The van der Waals surface area contributed by atoms with Gasteiger partial charge in [-0.3, -0.25) is 4.79 Å². The predicted octanol–water partition coefficient (Wildman–Crippen LogP) is 1.73. The zero-order valence-corrected chi connectivity index (χ0v) is 9.00. The molecular formula is C10H21NO2. The number of carbonyl (C=O) groups is 1. The molecule has 0 rings (SSSR count). The Morgan fingerprint density at radius 1 is 1.23 bits per heavy atom. The number of hydrogen-bond donors (Lipinski definition) is 2. The van der Waals surface area contributed by atoms with Crippen LogP contribution in [0.4, 0.5) is 0 Å². The SMILES string of the molecule is CC(C)CNC(CC(C)C)C(=O)O. The highest BCUT2D eigenvalue weighted by atomic mass is 16.4. The molecule has 0 aliphatic carbocycles. The molecule has 13 heavy (non-hydrogen) atoms. The van der Waals surface area contributed by atoms with Crippen molar-refractivity contribution in [1.82, 2.24) is 5.32 Å². The predicted molar refractivity (Wildman–Crippen MR) is 53.7 cm³/mol. The smallest absolute Gasteiger partial charge is 0.320 e. The van der Waals surface area contributed by atoms with Gasteiger partial charge >= 0.3 is 5.97 Å². The third-order valence-electron chi connectivity index (χ3n) is 1.78. The molecule has 0 saturated heterocycles. The molecule has 0 bridgehead atoms. The Labute approximate surface area is 80.5 Å². The molecule has 0 aromatic rings. The Hall–Kier alpha value is -0.570. The maximum Gasteiger partial charge on any atom is 0.320 e. The van der Waals surface area contributed by atoms with Gasteiger partial charge in [-0.05, 0) is 24.8 Å². The van der Waals surface area contributed by atoms with E-state index in [2.05, 4.69) is 19.2 Å². The zero-order chi connectivity index (χ0) is 10.4. The van der Waals surface area contributed by atoms with E-state index in [9.17, 15) is 4.79 Å². The summed E-state index contributed by atoms with van der Waals surface area (Å²) in [5, 5.41) is 11.9. The fourth-order valence-corrected chi connectivity index (χ4v) is 1.12. The van der Waals surface area contributed by atoms with Crippen LogP contribution in [0.25, 0.3) is 0 Å². The molecule has 0 aromatic carbocycles. The fraction of sp³-hybridized carbons (Fsp3) is 0.900.